The third-order valence-corrected chi connectivity index (χ3v) is 6.48. The molecular weight excluding hydrogens is 306 g/mol. The fourth-order valence-electron chi connectivity index (χ4n) is 3.39. The van der Waals surface area contributed by atoms with Gasteiger partial charge in [-0.15, -0.1) is 0 Å². The third-order valence-electron chi connectivity index (χ3n) is 4.65. The Labute approximate surface area is 132 Å². The lowest BCUT2D eigenvalue weighted by atomic mass is 9.86. The second-order valence-corrected chi connectivity index (χ2v) is 8.52. The molecule has 2 rings (SSSR count). The molecule has 126 valence electrons. The lowest BCUT2D eigenvalue weighted by Crippen LogP contribution is -2.45. The van der Waals surface area contributed by atoms with Crippen molar-refractivity contribution in [1.82, 2.24) is 14.1 Å². The van der Waals surface area contributed by atoms with Gasteiger partial charge in [-0.1, -0.05) is 0 Å². The van der Waals surface area contributed by atoms with Crippen molar-refractivity contribution in [3.63, 3.8) is 0 Å². The fraction of sp³-hybridized carbons (Fsp3) is 0.857. The van der Waals surface area contributed by atoms with Crippen LogP contribution in [0.1, 0.15) is 27.2 Å². The first-order chi connectivity index (χ1) is 10.2. The van der Waals surface area contributed by atoms with E-state index >= 15 is 0 Å². The summed E-state index contributed by atoms with van der Waals surface area (Å²) >= 11 is 0. The molecule has 0 aromatic heterocycles. The Balaban J connectivity index is 2.33. The highest BCUT2D eigenvalue weighted by Crippen LogP contribution is 2.35. The Hall–Kier alpha value is -1.15. The first-order valence-electron chi connectivity index (χ1n) is 7.74. The van der Waals surface area contributed by atoms with Crippen LogP contribution < -0.4 is 0 Å². The van der Waals surface area contributed by atoms with Crippen molar-refractivity contribution in [2.24, 2.45) is 5.41 Å². The van der Waals surface area contributed by atoms with Gasteiger partial charge in [-0.3, -0.25) is 9.59 Å². The fourth-order valence-corrected chi connectivity index (χ4v) is 4.59. The number of nitrogens with zero attached hydrogens (tertiary/aromatic N) is 3. The van der Waals surface area contributed by atoms with Crippen LogP contribution in [0.3, 0.4) is 0 Å². The van der Waals surface area contributed by atoms with Gasteiger partial charge < -0.3 is 9.80 Å². The number of carbonyl (C=O) groups is 2. The molecule has 0 saturated carbocycles. The van der Waals surface area contributed by atoms with Gasteiger partial charge in [0.25, 0.3) is 0 Å². The minimum absolute atomic E-state index is 0.0363. The molecule has 2 saturated heterocycles. The van der Waals surface area contributed by atoms with E-state index in [0.717, 1.165) is 0 Å². The summed E-state index contributed by atoms with van der Waals surface area (Å²) in [6.45, 7) is 7.60. The molecule has 1 unspecified atom stereocenters. The van der Waals surface area contributed by atoms with Crippen LogP contribution >= 0.6 is 0 Å². The van der Waals surface area contributed by atoms with E-state index in [1.807, 2.05) is 6.92 Å². The summed E-state index contributed by atoms with van der Waals surface area (Å²) in [4.78, 5) is 27.4. The van der Waals surface area contributed by atoms with E-state index < -0.39 is 15.4 Å². The predicted octanol–water partition coefficient (Wildman–Crippen LogP) is -0.261. The van der Waals surface area contributed by atoms with Crippen LogP contribution in [0.25, 0.3) is 0 Å². The van der Waals surface area contributed by atoms with Crippen molar-refractivity contribution in [1.29, 1.82) is 0 Å². The van der Waals surface area contributed by atoms with Gasteiger partial charge in [0.1, 0.15) is 0 Å². The minimum Gasteiger partial charge on any atom is -0.342 e. The average Bonchev–Trinajstić information content (AvgIpc) is 2.64. The lowest BCUT2D eigenvalue weighted by molar-refractivity contribution is -0.130. The number of sulfonamides is 1. The smallest absolute Gasteiger partial charge is 0.223 e. The molecule has 8 heteroatoms. The van der Waals surface area contributed by atoms with E-state index in [0.29, 0.717) is 45.7 Å². The molecular formula is C14H25N3O4S. The molecule has 22 heavy (non-hydrogen) atoms. The molecule has 2 heterocycles. The molecule has 2 aliphatic heterocycles. The molecule has 0 radical (unpaired) electrons. The van der Waals surface area contributed by atoms with E-state index in [-0.39, 0.29) is 17.6 Å². The highest BCUT2D eigenvalue weighted by atomic mass is 32.2. The Morgan fingerprint density at radius 1 is 1.18 bits per heavy atom. The zero-order chi connectivity index (χ0) is 16.5. The number of hydrogen-bond acceptors (Lipinski definition) is 4. The first kappa shape index (κ1) is 17.2. The van der Waals surface area contributed by atoms with Crippen molar-refractivity contribution in [3.8, 4) is 0 Å². The van der Waals surface area contributed by atoms with Gasteiger partial charge in [0.05, 0.1) is 5.75 Å². The van der Waals surface area contributed by atoms with Crippen LogP contribution in [0.5, 0.6) is 0 Å². The van der Waals surface area contributed by atoms with Crippen LogP contribution in [0.4, 0.5) is 0 Å². The lowest BCUT2D eigenvalue weighted by Gasteiger charge is -2.33. The van der Waals surface area contributed by atoms with Crippen LogP contribution in [0.2, 0.25) is 0 Å². The van der Waals surface area contributed by atoms with E-state index in [1.54, 1.807) is 16.7 Å². The van der Waals surface area contributed by atoms with Gasteiger partial charge in [0.15, 0.2) is 0 Å². The number of rotatable bonds is 3. The van der Waals surface area contributed by atoms with E-state index in [1.165, 1.54) is 11.2 Å². The van der Waals surface area contributed by atoms with E-state index in [4.69, 9.17) is 0 Å². The van der Waals surface area contributed by atoms with Gasteiger partial charge in [-0.05, 0) is 13.8 Å². The summed E-state index contributed by atoms with van der Waals surface area (Å²) in [5.41, 5.74) is -0.489. The molecule has 2 amide bonds. The molecule has 2 aliphatic rings. The Bertz CT molecular complexity index is 562. The quantitative estimate of drug-likeness (QED) is 0.714. The highest BCUT2D eigenvalue weighted by Gasteiger charge is 2.48. The maximum Gasteiger partial charge on any atom is 0.223 e. The third kappa shape index (κ3) is 3.27. The Morgan fingerprint density at radius 2 is 1.86 bits per heavy atom. The standard InChI is InChI=1S/C14H25N3O4S/c1-4-15-9-14(8-13(15)19)10-16(12(3)18)6-7-17(11-14)22(20,21)5-2/h4-11H2,1-3H3. The Morgan fingerprint density at radius 3 is 2.36 bits per heavy atom. The average molecular weight is 331 g/mol. The maximum atomic E-state index is 12.3. The largest absolute Gasteiger partial charge is 0.342 e. The van der Waals surface area contributed by atoms with Crippen LogP contribution in [0, 0.1) is 5.41 Å². The van der Waals surface area contributed by atoms with Crippen LogP contribution in [0.15, 0.2) is 0 Å². The maximum absolute atomic E-state index is 12.3. The topological polar surface area (TPSA) is 78.0 Å². The summed E-state index contributed by atoms with van der Waals surface area (Å²) in [5.74, 6) is 0.00784. The SMILES string of the molecule is CCN1CC2(CC1=O)CN(C(C)=O)CCN(S(=O)(=O)CC)C2. The van der Waals surface area contributed by atoms with E-state index in [9.17, 15) is 18.0 Å². The number of carbonyl (C=O) groups excluding carboxylic acids is 2. The van der Waals surface area contributed by atoms with Crippen LogP contribution in [-0.4, -0.2) is 79.4 Å². The monoisotopic (exact) mass is 331 g/mol. The summed E-state index contributed by atoms with van der Waals surface area (Å²) in [6.07, 6.45) is 0.306. The molecule has 0 aromatic rings. The van der Waals surface area contributed by atoms with Crippen LogP contribution in [-0.2, 0) is 19.6 Å². The molecule has 0 N–H and O–H groups in total. The summed E-state index contributed by atoms with van der Waals surface area (Å²) in [6, 6.07) is 0. The summed E-state index contributed by atoms with van der Waals surface area (Å²) < 4.78 is 26.0. The molecule has 7 nitrogen and oxygen atoms in total. The molecule has 1 spiro atoms. The van der Waals surface area contributed by atoms with Crippen molar-refractivity contribution < 1.29 is 18.0 Å². The molecule has 1 atom stereocenters. The zero-order valence-corrected chi connectivity index (χ0v) is 14.4. The van der Waals surface area contributed by atoms with Gasteiger partial charge >= 0.3 is 0 Å². The minimum atomic E-state index is -3.33. The van der Waals surface area contributed by atoms with Gasteiger partial charge in [-0.25, -0.2) is 8.42 Å². The normalized spacial score (nSPS) is 27.5. The van der Waals surface area contributed by atoms with Gasteiger partial charge in [-0.2, -0.15) is 4.31 Å². The van der Waals surface area contributed by atoms with Crippen molar-refractivity contribution >= 4 is 21.8 Å². The summed E-state index contributed by atoms with van der Waals surface area (Å²) in [5, 5.41) is 0. The van der Waals surface area contributed by atoms with Crippen molar-refractivity contribution in [3.05, 3.63) is 0 Å². The summed E-state index contributed by atoms with van der Waals surface area (Å²) in [7, 11) is -3.33. The van der Waals surface area contributed by atoms with Crippen molar-refractivity contribution in [2.75, 3.05) is 45.0 Å². The highest BCUT2D eigenvalue weighted by molar-refractivity contribution is 7.89. The van der Waals surface area contributed by atoms with Gasteiger partial charge in [0, 0.05) is 58.0 Å². The van der Waals surface area contributed by atoms with E-state index in [2.05, 4.69) is 0 Å². The zero-order valence-electron chi connectivity index (χ0n) is 13.5. The number of hydrogen-bond donors (Lipinski definition) is 0. The Kier molecular flexibility index (Phi) is 4.81. The number of likely N-dealkylation sites (tertiary alicyclic amines) is 1. The predicted molar refractivity (Wildman–Crippen MR) is 82.6 cm³/mol. The van der Waals surface area contributed by atoms with Gasteiger partial charge in [0.2, 0.25) is 21.8 Å². The number of amides is 2. The molecule has 0 aliphatic carbocycles. The first-order valence-corrected chi connectivity index (χ1v) is 9.35. The molecule has 2 fully saturated rings. The molecule has 0 bridgehead atoms. The molecule has 0 aromatic carbocycles. The second-order valence-electron chi connectivity index (χ2n) is 6.26. The second kappa shape index (κ2) is 6.16. The van der Waals surface area contributed by atoms with Crippen molar-refractivity contribution in [2.45, 2.75) is 27.2 Å².